The van der Waals surface area contributed by atoms with E-state index in [9.17, 15) is 9.59 Å². The molecule has 1 N–H and O–H groups in total. The van der Waals surface area contributed by atoms with Gasteiger partial charge in [-0.3, -0.25) is 9.59 Å². The number of carbonyl (C=O) groups excluding carboxylic acids is 1. The molecule has 0 aliphatic heterocycles. The first-order valence-electron chi connectivity index (χ1n) is 6.14. The molecule has 18 heavy (non-hydrogen) atoms. The monoisotopic (exact) mass is 248 g/mol. The Morgan fingerprint density at radius 2 is 1.61 bits per heavy atom. The van der Waals surface area contributed by atoms with Gasteiger partial charge in [-0.15, -0.1) is 0 Å². The highest BCUT2D eigenvalue weighted by atomic mass is 16.4. The normalized spacial score (nSPS) is 12.2. The second-order valence-corrected chi connectivity index (χ2v) is 5.10. The second-order valence-electron chi connectivity index (χ2n) is 5.10. The van der Waals surface area contributed by atoms with E-state index in [-0.39, 0.29) is 24.5 Å². The van der Waals surface area contributed by atoms with Gasteiger partial charge in [-0.1, -0.05) is 24.6 Å². The average Bonchev–Trinajstić information content (AvgIpc) is 2.12. The number of aryl methyl sites for hydroxylation is 3. The summed E-state index contributed by atoms with van der Waals surface area (Å²) in [6.45, 7) is 7.65. The SMILES string of the molecule is Cc1cc(C)c(C(=O)C[C@@H](C)CC(=O)O)c(C)c1. The maximum Gasteiger partial charge on any atom is 0.303 e. The van der Waals surface area contributed by atoms with Gasteiger partial charge in [0.05, 0.1) is 0 Å². The molecule has 0 saturated carbocycles. The minimum absolute atomic E-state index is 0.0374. The van der Waals surface area contributed by atoms with Crippen molar-refractivity contribution >= 4 is 11.8 Å². The highest BCUT2D eigenvalue weighted by Crippen LogP contribution is 2.21. The summed E-state index contributed by atoms with van der Waals surface area (Å²) in [5, 5.41) is 8.70. The van der Waals surface area contributed by atoms with Crippen molar-refractivity contribution in [2.45, 2.75) is 40.5 Å². The molecule has 0 fully saturated rings. The first kappa shape index (κ1) is 14.4. The molecule has 0 aromatic heterocycles. The van der Waals surface area contributed by atoms with Crippen LogP contribution in [0.4, 0.5) is 0 Å². The molecular weight excluding hydrogens is 228 g/mol. The van der Waals surface area contributed by atoms with Crippen LogP contribution in [0.3, 0.4) is 0 Å². The quantitative estimate of drug-likeness (QED) is 0.813. The Kier molecular flexibility index (Phi) is 4.65. The lowest BCUT2D eigenvalue weighted by atomic mass is 9.91. The van der Waals surface area contributed by atoms with Crippen LogP contribution in [0.25, 0.3) is 0 Å². The number of hydrogen-bond acceptors (Lipinski definition) is 2. The zero-order valence-corrected chi connectivity index (χ0v) is 11.4. The lowest BCUT2D eigenvalue weighted by Gasteiger charge is -2.12. The van der Waals surface area contributed by atoms with Gasteiger partial charge in [-0.05, 0) is 37.8 Å². The number of carbonyl (C=O) groups is 2. The van der Waals surface area contributed by atoms with Gasteiger partial charge in [0.25, 0.3) is 0 Å². The van der Waals surface area contributed by atoms with E-state index >= 15 is 0 Å². The van der Waals surface area contributed by atoms with E-state index in [4.69, 9.17) is 5.11 Å². The van der Waals surface area contributed by atoms with Gasteiger partial charge in [0, 0.05) is 18.4 Å². The van der Waals surface area contributed by atoms with E-state index in [0.29, 0.717) is 0 Å². The molecule has 0 aliphatic carbocycles. The van der Waals surface area contributed by atoms with E-state index in [1.54, 1.807) is 6.92 Å². The first-order chi connectivity index (χ1) is 8.31. The van der Waals surface area contributed by atoms with Crippen LogP contribution in [0.1, 0.15) is 46.8 Å². The molecular formula is C15H20O3. The zero-order valence-electron chi connectivity index (χ0n) is 11.4. The van der Waals surface area contributed by atoms with Crippen molar-refractivity contribution in [2.24, 2.45) is 5.92 Å². The van der Waals surface area contributed by atoms with Gasteiger partial charge in [0.15, 0.2) is 5.78 Å². The largest absolute Gasteiger partial charge is 0.481 e. The summed E-state index contributed by atoms with van der Waals surface area (Å²) in [6, 6.07) is 3.98. The van der Waals surface area contributed by atoms with Gasteiger partial charge in [-0.2, -0.15) is 0 Å². The van der Waals surface area contributed by atoms with E-state index in [0.717, 1.165) is 22.3 Å². The maximum absolute atomic E-state index is 12.2. The Hall–Kier alpha value is -1.64. The van der Waals surface area contributed by atoms with Crippen molar-refractivity contribution in [3.05, 3.63) is 34.4 Å². The van der Waals surface area contributed by atoms with Crippen molar-refractivity contribution in [3.8, 4) is 0 Å². The van der Waals surface area contributed by atoms with E-state index in [1.807, 2.05) is 32.9 Å². The molecule has 3 nitrogen and oxygen atoms in total. The molecule has 1 rings (SSSR count). The summed E-state index contributed by atoms with van der Waals surface area (Å²) < 4.78 is 0. The highest BCUT2D eigenvalue weighted by Gasteiger charge is 2.17. The molecule has 0 saturated heterocycles. The van der Waals surface area contributed by atoms with Crippen LogP contribution in [0, 0.1) is 26.7 Å². The van der Waals surface area contributed by atoms with Crippen molar-refractivity contribution < 1.29 is 14.7 Å². The smallest absolute Gasteiger partial charge is 0.303 e. The Balaban J connectivity index is 2.88. The molecule has 1 aromatic carbocycles. The Bertz CT molecular complexity index is 452. The van der Waals surface area contributed by atoms with Crippen molar-refractivity contribution in [3.63, 3.8) is 0 Å². The molecule has 3 heteroatoms. The molecule has 1 atom stereocenters. The zero-order chi connectivity index (χ0) is 13.9. The number of carboxylic acid groups (broad SMARTS) is 1. The fraction of sp³-hybridized carbons (Fsp3) is 0.467. The van der Waals surface area contributed by atoms with Crippen LogP contribution in [0.15, 0.2) is 12.1 Å². The number of rotatable bonds is 5. The highest BCUT2D eigenvalue weighted by molar-refractivity contribution is 5.99. The number of benzene rings is 1. The number of ketones is 1. The summed E-state index contributed by atoms with van der Waals surface area (Å²) in [5.41, 5.74) is 3.83. The number of aliphatic carboxylic acids is 1. The predicted molar refractivity (Wildman–Crippen MR) is 71.0 cm³/mol. The fourth-order valence-electron chi connectivity index (χ4n) is 2.41. The molecule has 0 unspecified atom stereocenters. The Morgan fingerprint density at radius 1 is 1.11 bits per heavy atom. The van der Waals surface area contributed by atoms with E-state index in [2.05, 4.69) is 0 Å². The molecule has 0 heterocycles. The fourth-order valence-corrected chi connectivity index (χ4v) is 2.41. The van der Waals surface area contributed by atoms with Crippen molar-refractivity contribution in [1.82, 2.24) is 0 Å². The maximum atomic E-state index is 12.2. The summed E-state index contributed by atoms with van der Waals surface area (Å²) >= 11 is 0. The minimum Gasteiger partial charge on any atom is -0.481 e. The van der Waals surface area contributed by atoms with Crippen molar-refractivity contribution in [1.29, 1.82) is 0 Å². The lowest BCUT2D eigenvalue weighted by molar-refractivity contribution is -0.137. The second kappa shape index (κ2) is 5.80. The summed E-state index contributed by atoms with van der Waals surface area (Å²) in [5.74, 6) is -0.943. The topological polar surface area (TPSA) is 54.4 Å². The van der Waals surface area contributed by atoms with Crippen LogP contribution in [-0.2, 0) is 4.79 Å². The van der Waals surface area contributed by atoms with Gasteiger partial charge in [-0.25, -0.2) is 0 Å². The third-order valence-corrected chi connectivity index (χ3v) is 3.01. The molecule has 0 radical (unpaired) electrons. The van der Waals surface area contributed by atoms with Crippen LogP contribution in [-0.4, -0.2) is 16.9 Å². The first-order valence-corrected chi connectivity index (χ1v) is 6.14. The third kappa shape index (κ3) is 3.69. The summed E-state index contributed by atoms with van der Waals surface area (Å²) in [6.07, 6.45) is 0.326. The molecule has 0 bridgehead atoms. The molecule has 0 amide bonds. The van der Waals surface area contributed by atoms with Gasteiger partial charge in [0.1, 0.15) is 0 Å². The Morgan fingerprint density at radius 3 is 2.06 bits per heavy atom. The van der Waals surface area contributed by atoms with E-state index < -0.39 is 5.97 Å². The standard InChI is InChI=1S/C15H20O3/c1-9-5-11(3)15(12(4)6-9)13(16)7-10(2)8-14(17)18/h5-6,10H,7-8H2,1-4H3,(H,17,18)/t10-/m1/s1. The third-order valence-electron chi connectivity index (χ3n) is 3.01. The van der Waals surface area contributed by atoms with Gasteiger partial charge >= 0.3 is 5.97 Å². The molecule has 0 aliphatic rings. The van der Waals surface area contributed by atoms with Crippen LogP contribution in [0.5, 0.6) is 0 Å². The van der Waals surface area contributed by atoms with Crippen LogP contribution < -0.4 is 0 Å². The number of Topliss-reactive ketones (excluding diaryl/α,β-unsaturated/α-hetero) is 1. The number of hydrogen-bond donors (Lipinski definition) is 1. The number of carboxylic acids is 1. The summed E-state index contributed by atoms with van der Waals surface area (Å²) in [7, 11) is 0. The van der Waals surface area contributed by atoms with Crippen LogP contribution >= 0.6 is 0 Å². The lowest BCUT2D eigenvalue weighted by Crippen LogP contribution is -2.12. The van der Waals surface area contributed by atoms with Crippen molar-refractivity contribution in [2.75, 3.05) is 0 Å². The molecule has 0 spiro atoms. The minimum atomic E-state index is -0.854. The summed E-state index contributed by atoms with van der Waals surface area (Å²) in [4.78, 5) is 22.8. The predicted octanol–water partition coefficient (Wildman–Crippen LogP) is 3.30. The molecule has 98 valence electrons. The van der Waals surface area contributed by atoms with Gasteiger partial charge in [0.2, 0.25) is 0 Å². The van der Waals surface area contributed by atoms with Crippen LogP contribution in [0.2, 0.25) is 0 Å². The Labute approximate surface area is 108 Å². The van der Waals surface area contributed by atoms with E-state index in [1.165, 1.54) is 0 Å². The average molecular weight is 248 g/mol. The van der Waals surface area contributed by atoms with Gasteiger partial charge < -0.3 is 5.11 Å². The molecule has 1 aromatic rings.